The summed E-state index contributed by atoms with van der Waals surface area (Å²) in [7, 11) is 0. The van der Waals surface area contributed by atoms with Crippen LogP contribution in [0.15, 0.2) is 77.2 Å². The van der Waals surface area contributed by atoms with Crippen molar-refractivity contribution in [3.05, 3.63) is 95.1 Å². The molecule has 5 aromatic rings. The number of rotatable bonds is 3. The fourth-order valence-corrected chi connectivity index (χ4v) is 4.16. The quantitative estimate of drug-likeness (QED) is 0.357. The van der Waals surface area contributed by atoms with Crippen LogP contribution >= 0.6 is 0 Å². The molecule has 31 heavy (non-hydrogen) atoms. The van der Waals surface area contributed by atoms with Crippen LogP contribution in [-0.2, 0) is 0 Å². The molecule has 0 aliphatic carbocycles. The van der Waals surface area contributed by atoms with E-state index in [4.69, 9.17) is 9.40 Å². The zero-order valence-electron chi connectivity index (χ0n) is 17.7. The minimum atomic E-state index is -0.161. The topological polar surface area (TPSA) is 55.1 Å². The molecule has 3 aromatic carbocycles. The molecule has 0 saturated carbocycles. The van der Waals surface area contributed by atoms with Crippen molar-refractivity contribution in [1.82, 2.24) is 4.98 Å². The Morgan fingerprint density at radius 3 is 2.35 bits per heavy atom. The Bertz CT molecular complexity index is 1410. The molecule has 0 saturated heterocycles. The third-order valence-electron chi connectivity index (χ3n) is 5.55. The van der Waals surface area contributed by atoms with E-state index in [1.54, 1.807) is 0 Å². The first-order chi connectivity index (χ1) is 15.0. The van der Waals surface area contributed by atoms with Crippen LogP contribution in [0, 0.1) is 20.8 Å². The van der Waals surface area contributed by atoms with Crippen LogP contribution in [0.2, 0.25) is 0 Å². The second kappa shape index (κ2) is 7.40. The molecular weight excluding hydrogens is 384 g/mol. The molecule has 0 atom stereocenters. The Morgan fingerprint density at radius 1 is 0.871 bits per heavy atom. The maximum atomic E-state index is 13.4. The molecule has 1 N–H and O–H groups in total. The van der Waals surface area contributed by atoms with Gasteiger partial charge in [0, 0.05) is 16.5 Å². The molecule has 0 aliphatic heterocycles. The number of para-hydroxylation sites is 2. The van der Waals surface area contributed by atoms with Crippen LogP contribution in [-0.4, -0.2) is 10.9 Å². The molecule has 0 unspecified atom stereocenters. The van der Waals surface area contributed by atoms with Gasteiger partial charge in [-0.25, -0.2) is 4.98 Å². The summed E-state index contributed by atoms with van der Waals surface area (Å²) in [6, 6.07) is 23.5. The molecule has 0 radical (unpaired) electrons. The van der Waals surface area contributed by atoms with Gasteiger partial charge in [0.15, 0.2) is 5.76 Å². The highest BCUT2D eigenvalue weighted by Crippen LogP contribution is 2.30. The second-order valence-corrected chi connectivity index (χ2v) is 7.95. The van der Waals surface area contributed by atoms with E-state index in [1.165, 1.54) is 5.56 Å². The third kappa shape index (κ3) is 3.46. The number of hydrogen-bond acceptors (Lipinski definition) is 3. The Kier molecular flexibility index (Phi) is 4.55. The average Bonchev–Trinajstić information content (AvgIpc) is 3.19. The Morgan fingerprint density at radius 2 is 1.58 bits per heavy atom. The maximum Gasteiger partial charge on any atom is 0.256 e. The van der Waals surface area contributed by atoms with E-state index in [0.717, 1.165) is 38.7 Å². The molecule has 4 nitrogen and oxygen atoms in total. The fourth-order valence-electron chi connectivity index (χ4n) is 4.16. The number of nitrogens with one attached hydrogen (secondary N) is 1. The van der Waals surface area contributed by atoms with Crippen molar-refractivity contribution in [1.29, 1.82) is 0 Å². The fraction of sp³-hybridized carbons (Fsp3) is 0.111. The van der Waals surface area contributed by atoms with E-state index >= 15 is 0 Å². The number of furan rings is 1. The average molecular weight is 406 g/mol. The third-order valence-corrected chi connectivity index (χ3v) is 5.55. The van der Waals surface area contributed by atoms with Gasteiger partial charge in [-0.1, -0.05) is 54.1 Å². The van der Waals surface area contributed by atoms with E-state index in [2.05, 4.69) is 24.4 Å². The van der Waals surface area contributed by atoms with Crippen LogP contribution < -0.4 is 5.32 Å². The van der Waals surface area contributed by atoms with Crippen molar-refractivity contribution in [2.24, 2.45) is 0 Å². The molecule has 4 heteroatoms. The van der Waals surface area contributed by atoms with Gasteiger partial charge in [-0.3, -0.25) is 4.79 Å². The van der Waals surface area contributed by atoms with E-state index in [9.17, 15) is 4.79 Å². The van der Waals surface area contributed by atoms with E-state index in [-0.39, 0.29) is 5.91 Å². The molecule has 2 aromatic heterocycles. The summed E-state index contributed by atoms with van der Waals surface area (Å²) in [5, 5.41) is 4.93. The van der Waals surface area contributed by atoms with Gasteiger partial charge in [-0.2, -0.15) is 0 Å². The zero-order valence-corrected chi connectivity index (χ0v) is 17.7. The number of pyridine rings is 1. The van der Waals surface area contributed by atoms with Crippen molar-refractivity contribution < 1.29 is 9.21 Å². The van der Waals surface area contributed by atoms with Gasteiger partial charge < -0.3 is 9.73 Å². The van der Waals surface area contributed by atoms with Gasteiger partial charge in [0.2, 0.25) is 0 Å². The van der Waals surface area contributed by atoms with Crippen LogP contribution in [0.1, 0.15) is 27.0 Å². The lowest BCUT2D eigenvalue weighted by Crippen LogP contribution is -2.15. The van der Waals surface area contributed by atoms with Gasteiger partial charge in [-0.05, 0) is 56.2 Å². The van der Waals surface area contributed by atoms with E-state index in [1.807, 2.05) is 74.5 Å². The van der Waals surface area contributed by atoms with Crippen molar-refractivity contribution in [2.45, 2.75) is 20.8 Å². The van der Waals surface area contributed by atoms with E-state index in [0.29, 0.717) is 17.0 Å². The van der Waals surface area contributed by atoms with Crippen LogP contribution in [0.3, 0.4) is 0 Å². The lowest BCUT2D eigenvalue weighted by atomic mass is 10.0. The number of aryl methyl sites for hydroxylation is 3. The molecule has 5 rings (SSSR count). The Balaban J connectivity index is 1.63. The molecule has 2 heterocycles. The maximum absolute atomic E-state index is 13.4. The first-order valence-electron chi connectivity index (χ1n) is 10.3. The Hall–Kier alpha value is -3.92. The highest BCUT2D eigenvalue weighted by molar-refractivity contribution is 6.13. The number of aromatic nitrogens is 1. The monoisotopic (exact) mass is 406 g/mol. The van der Waals surface area contributed by atoms with Gasteiger partial charge in [0.1, 0.15) is 11.3 Å². The minimum Gasteiger partial charge on any atom is -0.454 e. The van der Waals surface area contributed by atoms with Crippen molar-refractivity contribution in [3.8, 4) is 11.5 Å². The lowest BCUT2D eigenvalue weighted by Gasteiger charge is -2.14. The number of fused-ring (bicyclic) bond motifs is 2. The lowest BCUT2D eigenvalue weighted by molar-refractivity contribution is 0.102. The van der Waals surface area contributed by atoms with Gasteiger partial charge in [0.05, 0.1) is 11.1 Å². The molecule has 0 bridgehead atoms. The predicted molar refractivity (Wildman–Crippen MR) is 126 cm³/mol. The standard InChI is InChI=1S/C27H22N2O2/c1-16-12-17(2)26(18(3)13-16)29-27(30)21-15-23(28-22-10-6-5-9-20(21)22)25-14-19-8-4-7-11-24(19)31-25/h4-15H,1-3H3,(H,29,30). The highest BCUT2D eigenvalue weighted by Gasteiger charge is 2.17. The highest BCUT2D eigenvalue weighted by atomic mass is 16.3. The van der Waals surface area contributed by atoms with Crippen LogP contribution in [0.5, 0.6) is 0 Å². The molecule has 0 aliphatic rings. The summed E-state index contributed by atoms with van der Waals surface area (Å²) in [5.41, 5.74) is 6.87. The van der Waals surface area contributed by atoms with Gasteiger partial charge in [-0.15, -0.1) is 0 Å². The number of hydrogen-bond donors (Lipinski definition) is 1. The summed E-state index contributed by atoms with van der Waals surface area (Å²) in [4.78, 5) is 18.2. The van der Waals surface area contributed by atoms with Crippen LogP contribution in [0.25, 0.3) is 33.3 Å². The first kappa shape index (κ1) is 19.1. The predicted octanol–water partition coefficient (Wildman–Crippen LogP) is 6.83. The normalized spacial score (nSPS) is 11.2. The molecule has 0 fully saturated rings. The SMILES string of the molecule is Cc1cc(C)c(NC(=O)c2cc(-c3cc4ccccc4o3)nc3ccccc23)c(C)c1. The largest absolute Gasteiger partial charge is 0.454 e. The van der Waals surface area contributed by atoms with Gasteiger partial charge >= 0.3 is 0 Å². The summed E-state index contributed by atoms with van der Waals surface area (Å²) < 4.78 is 6.01. The second-order valence-electron chi connectivity index (χ2n) is 7.95. The summed E-state index contributed by atoms with van der Waals surface area (Å²) >= 11 is 0. The number of carbonyl (C=O) groups excluding carboxylic acids is 1. The van der Waals surface area contributed by atoms with Gasteiger partial charge in [0.25, 0.3) is 5.91 Å². The molecule has 152 valence electrons. The van der Waals surface area contributed by atoms with E-state index < -0.39 is 0 Å². The molecule has 1 amide bonds. The molecular formula is C27H22N2O2. The Labute approximate surface area is 180 Å². The van der Waals surface area contributed by atoms with Crippen molar-refractivity contribution in [3.63, 3.8) is 0 Å². The smallest absolute Gasteiger partial charge is 0.256 e. The summed E-state index contributed by atoms with van der Waals surface area (Å²) in [6.45, 7) is 6.09. The number of anilines is 1. The number of nitrogens with zero attached hydrogens (tertiary/aromatic N) is 1. The minimum absolute atomic E-state index is 0.161. The summed E-state index contributed by atoms with van der Waals surface area (Å²) in [6.07, 6.45) is 0. The number of carbonyl (C=O) groups is 1. The number of amides is 1. The van der Waals surface area contributed by atoms with Crippen molar-refractivity contribution >= 4 is 33.5 Å². The number of benzene rings is 3. The summed E-state index contributed by atoms with van der Waals surface area (Å²) in [5.74, 6) is 0.481. The van der Waals surface area contributed by atoms with Crippen molar-refractivity contribution in [2.75, 3.05) is 5.32 Å². The van der Waals surface area contributed by atoms with Crippen LogP contribution in [0.4, 0.5) is 5.69 Å². The zero-order chi connectivity index (χ0) is 21.5. The molecule has 0 spiro atoms. The first-order valence-corrected chi connectivity index (χ1v) is 10.3.